The molecule has 102 valence electrons. The summed E-state index contributed by atoms with van der Waals surface area (Å²) in [5.74, 6) is 0.0338. The maximum absolute atomic E-state index is 12.1. The van der Waals surface area contributed by atoms with E-state index in [1.165, 1.54) is 7.14 Å². The average molecular weight is 506 g/mol. The predicted molar refractivity (Wildman–Crippen MR) is 103 cm³/mol. The van der Waals surface area contributed by atoms with Crippen LogP contribution < -0.4 is 0 Å². The number of carbonyl (C=O) groups excluding carboxylic acids is 1. The molecular formula is C16H12I2OS. The van der Waals surface area contributed by atoms with Crippen molar-refractivity contribution in [1.82, 2.24) is 0 Å². The zero-order valence-corrected chi connectivity index (χ0v) is 15.9. The lowest BCUT2D eigenvalue weighted by Gasteiger charge is -1.99. The van der Waals surface area contributed by atoms with Crippen LogP contribution in [0.2, 0.25) is 0 Å². The van der Waals surface area contributed by atoms with Crippen molar-refractivity contribution in [2.24, 2.45) is 0 Å². The molecule has 1 nitrogen and oxygen atoms in total. The van der Waals surface area contributed by atoms with Crippen LogP contribution in [0.25, 0.3) is 6.08 Å². The van der Waals surface area contributed by atoms with Gasteiger partial charge in [-0.25, -0.2) is 0 Å². The lowest BCUT2D eigenvalue weighted by Crippen LogP contribution is -1.93. The minimum atomic E-state index is 0.0338. The number of carbonyl (C=O) groups is 1. The Hall–Kier alpha value is -0.340. The Bertz CT molecular complexity index is 628. The Kier molecular flexibility index (Phi) is 6.10. The van der Waals surface area contributed by atoms with Gasteiger partial charge in [0.15, 0.2) is 5.78 Å². The first kappa shape index (κ1) is 16.0. The second kappa shape index (κ2) is 7.61. The second-order valence-corrected chi connectivity index (χ2v) is 7.50. The largest absolute Gasteiger partial charge is 0.289 e. The van der Waals surface area contributed by atoms with E-state index in [2.05, 4.69) is 63.4 Å². The number of rotatable bonds is 4. The van der Waals surface area contributed by atoms with Crippen molar-refractivity contribution in [1.29, 1.82) is 0 Å². The molecule has 0 heterocycles. The second-order valence-electron chi connectivity index (χ2n) is 4.13. The quantitative estimate of drug-likeness (QED) is 0.236. The van der Waals surface area contributed by atoms with Crippen molar-refractivity contribution in [3.05, 3.63) is 66.8 Å². The van der Waals surface area contributed by atoms with Crippen LogP contribution in [-0.4, -0.2) is 12.0 Å². The van der Waals surface area contributed by atoms with E-state index in [9.17, 15) is 4.79 Å². The molecule has 0 spiro atoms. The van der Waals surface area contributed by atoms with Gasteiger partial charge in [-0.05, 0) is 106 Å². The van der Waals surface area contributed by atoms with Gasteiger partial charge in [-0.3, -0.25) is 4.79 Å². The summed E-state index contributed by atoms with van der Waals surface area (Å²) in [6.07, 6.45) is 5.53. The molecule has 0 saturated carbocycles. The molecule has 0 bridgehead atoms. The summed E-state index contributed by atoms with van der Waals surface area (Å²) in [7, 11) is 0. The summed E-state index contributed by atoms with van der Waals surface area (Å²) in [5, 5.41) is 0. The Morgan fingerprint density at radius 1 is 1.05 bits per heavy atom. The molecule has 0 aliphatic heterocycles. The highest BCUT2D eigenvalue weighted by molar-refractivity contribution is 14.1. The Labute approximate surface area is 150 Å². The highest BCUT2D eigenvalue weighted by Crippen LogP contribution is 2.17. The van der Waals surface area contributed by atoms with Gasteiger partial charge in [-0.2, -0.15) is 0 Å². The van der Waals surface area contributed by atoms with Crippen molar-refractivity contribution < 1.29 is 4.79 Å². The van der Waals surface area contributed by atoms with E-state index in [0.29, 0.717) is 0 Å². The molecule has 2 aromatic rings. The standard InChI is InChI=1S/C16H12I2OS/c1-20-15-5-3-12(4-6-15)16(19)7-2-11-8-13(17)10-14(18)9-11/h2-10H,1H3. The van der Waals surface area contributed by atoms with E-state index in [0.717, 1.165) is 16.0 Å². The van der Waals surface area contributed by atoms with E-state index in [1.54, 1.807) is 17.8 Å². The molecular weight excluding hydrogens is 494 g/mol. The van der Waals surface area contributed by atoms with E-state index in [4.69, 9.17) is 0 Å². The summed E-state index contributed by atoms with van der Waals surface area (Å²) < 4.78 is 2.34. The van der Waals surface area contributed by atoms with E-state index in [1.807, 2.05) is 36.6 Å². The lowest BCUT2D eigenvalue weighted by molar-refractivity contribution is 0.104. The minimum Gasteiger partial charge on any atom is -0.289 e. The monoisotopic (exact) mass is 506 g/mol. The normalized spacial score (nSPS) is 10.9. The smallest absolute Gasteiger partial charge is 0.185 e. The molecule has 0 unspecified atom stereocenters. The van der Waals surface area contributed by atoms with Gasteiger partial charge in [-0.1, -0.05) is 6.08 Å². The molecule has 2 aromatic carbocycles. The Morgan fingerprint density at radius 3 is 2.20 bits per heavy atom. The van der Waals surface area contributed by atoms with Crippen LogP contribution in [0.5, 0.6) is 0 Å². The van der Waals surface area contributed by atoms with Crippen LogP contribution in [-0.2, 0) is 0 Å². The number of thioether (sulfide) groups is 1. The van der Waals surface area contributed by atoms with E-state index < -0.39 is 0 Å². The lowest BCUT2D eigenvalue weighted by atomic mass is 10.1. The van der Waals surface area contributed by atoms with Crippen molar-refractivity contribution in [2.45, 2.75) is 4.90 Å². The Morgan fingerprint density at radius 2 is 1.65 bits per heavy atom. The minimum absolute atomic E-state index is 0.0338. The summed E-state index contributed by atoms with van der Waals surface area (Å²) in [6, 6.07) is 13.9. The molecule has 0 fully saturated rings. The predicted octanol–water partition coefficient (Wildman–Crippen LogP) is 5.51. The SMILES string of the molecule is CSc1ccc(C(=O)C=Cc2cc(I)cc(I)c2)cc1. The maximum atomic E-state index is 12.1. The summed E-state index contributed by atoms with van der Waals surface area (Å²) in [6.45, 7) is 0. The molecule has 20 heavy (non-hydrogen) atoms. The van der Waals surface area contributed by atoms with Crippen LogP contribution in [0.15, 0.2) is 53.4 Å². The van der Waals surface area contributed by atoms with Crippen LogP contribution in [0, 0.1) is 7.14 Å². The van der Waals surface area contributed by atoms with Gasteiger partial charge in [-0.15, -0.1) is 11.8 Å². The van der Waals surface area contributed by atoms with E-state index >= 15 is 0 Å². The average Bonchev–Trinajstić information content (AvgIpc) is 2.44. The molecule has 2 rings (SSSR count). The summed E-state index contributed by atoms with van der Waals surface area (Å²) in [5.41, 5.74) is 1.77. The fraction of sp³-hybridized carbons (Fsp3) is 0.0625. The number of hydrogen-bond acceptors (Lipinski definition) is 2. The number of ketones is 1. The molecule has 0 atom stereocenters. The van der Waals surface area contributed by atoms with Crippen LogP contribution in [0.3, 0.4) is 0 Å². The van der Waals surface area contributed by atoms with Crippen molar-refractivity contribution >= 4 is 68.8 Å². The summed E-state index contributed by atoms with van der Waals surface area (Å²) in [4.78, 5) is 13.3. The fourth-order valence-electron chi connectivity index (χ4n) is 1.69. The van der Waals surface area contributed by atoms with Crippen LogP contribution in [0.1, 0.15) is 15.9 Å². The van der Waals surface area contributed by atoms with Gasteiger partial charge in [0.05, 0.1) is 0 Å². The van der Waals surface area contributed by atoms with Crippen LogP contribution in [0.4, 0.5) is 0 Å². The molecule has 4 heteroatoms. The highest BCUT2D eigenvalue weighted by Gasteiger charge is 2.02. The molecule has 0 aliphatic rings. The molecule has 0 N–H and O–H groups in total. The van der Waals surface area contributed by atoms with Gasteiger partial charge in [0.1, 0.15) is 0 Å². The maximum Gasteiger partial charge on any atom is 0.185 e. The fourth-order valence-corrected chi connectivity index (χ4v) is 4.09. The Balaban J connectivity index is 2.15. The molecule has 0 amide bonds. The number of halogens is 2. The topological polar surface area (TPSA) is 17.1 Å². The number of benzene rings is 2. The van der Waals surface area contributed by atoms with Crippen molar-refractivity contribution in [3.8, 4) is 0 Å². The van der Waals surface area contributed by atoms with Crippen molar-refractivity contribution in [2.75, 3.05) is 6.26 Å². The van der Waals surface area contributed by atoms with Gasteiger partial charge in [0.25, 0.3) is 0 Å². The first-order chi connectivity index (χ1) is 9.58. The molecule has 0 aliphatic carbocycles. The van der Waals surface area contributed by atoms with Gasteiger partial charge in [0.2, 0.25) is 0 Å². The third kappa shape index (κ3) is 4.60. The molecule has 0 aromatic heterocycles. The third-order valence-corrected chi connectivity index (χ3v) is 4.68. The number of hydrogen-bond donors (Lipinski definition) is 0. The van der Waals surface area contributed by atoms with Gasteiger partial charge in [0, 0.05) is 17.6 Å². The molecule has 0 radical (unpaired) electrons. The van der Waals surface area contributed by atoms with Crippen LogP contribution >= 0.6 is 56.9 Å². The number of allylic oxidation sites excluding steroid dienone is 1. The molecule has 0 saturated heterocycles. The summed E-state index contributed by atoms with van der Waals surface area (Å²) >= 11 is 6.23. The van der Waals surface area contributed by atoms with E-state index in [-0.39, 0.29) is 5.78 Å². The van der Waals surface area contributed by atoms with Gasteiger partial charge >= 0.3 is 0 Å². The van der Waals surface area contributed by atoms with Gasteiger partial charge < -0.3 is 0 Å². The zero-order valence-electron chi connectivity index (χ0n) is 10.8. The first-order valence-corrected chi connectivity index (χ1v) is 9.29. The zero-order chi connectivity index (χ0) is 14.5. The first-order valence-electron chi connectivity index (χ1n) is 5.91. The highest BCUT2D eigenvalue weighted by atomic mass is 127. The third-order valence-electron chi connectivity index (χ3n) is 2.69. The van der Waals surface area contributed by atoms with Crippen molar-refractivity contribution in [3.63, 3.8) is 0 Å².